The lowest BCUT2D eigenvalue weighted by Gasteiger charge is -2.24. The zero-order valence-electron chi connectivity index (χ0n) is 26.7. The maximum absolute atomic E-state index is 12.2. The number of hydrogen-bond donors (Lipinski definition) is 2. The van der Waals surface area contributed by atoms with Crippen LogP contribution >= 0.6 is 23.3 Å². The number of nitrogens with zero attached hydrogens (tertiary/aromatic N) is 2. The first kappa shape index (κ1) is 35.7. The monoisotopic (exact) mass is 622 g/mol. The van der Waals surface area contributed by atoms with E-state index in [-0.39, 0.29) is 17.7 Å². The fourth-order valence-electron chi connectivity index (χ4n) is 4.00. The van der Waals surface area contributed by atoms with Crippen molar-refractivity contribution in [2.24, 2.45) is 5.73 Å². The summed E-state index contributed by atoms with van der Waals surface area (Å²) >= 11 is 3.45. The summed E-state index contributed by atoms with van der Waals surface area (Å²) in [5.41, 5.74) is 5.26. The number of nitrogens with one attached hydrogen (secondary N) is 1. The fraction of sp³-hybridized carbons (Fsp3) is 0.645. The molecule has 0 atom stereocenters. The minimum Gasteiger partial charge on any atom is -0.492 e. The zero-order valence-corrected chi connectivity index (χ0v) is 28.4. The van der Waals surface area contributed by atoms with Gasteiger partial charge in [-0.2, -0.15) is 0 Å². The van der Waals surface area contributed by atoms with E-state index < -0.39 is 11.7 Å². The number of amides is 2. The normalized spacial score (nSPS) is 14.1. The Hall–Kier alpha value is -2.50. The van der Waals surface area contributed by atoms with E-state index in [9.17, 15) is 9.59 Å². The number of aromatic nitrogens is 1. The van der Waals surface area contributed by atoms with E-state index in [4.69, 9.17) is 14.5 Å². The van der Waals surface area contributed by atoms with Crippen LogP contribution in [0.25, 0.3) is 10.4 Å². The number of ether oxygens (including phenoxy) is 3. The molecule has 236 valence electrons. The number of likely N-dealkylation sites (N-methyl/N-ethyl adjacent to an activating group) is 1. The molecule has 42 heavy (non-hydrogen) atoms. The van der Waals surface area contributed by atoms with E-state index in [0.29, 0.717) is 19.1 Å². The lowest BCUT2D eigenvalue weighted by molar-refractivity contribution is 0.0278. The van der Waals surface area contributed by atoms with Gasteiger partial charge in [0.25, 0.3) is 0 Å². The molecular weight excluding hydrogens is 572 g/mol. The molecule has 1 fully saturated rings. The van der Waals surface area contributed by atoms with E-state index in [1.807, 2.05) is 44.4 Å². The van der Waals surface area contributed by atoms with Crippen molar-refractivity contribution in [3.8, 4) is 16.2 Å². The Kier molecular flexibility index (Phi) is 13.9. The number of benzene rings is 1. The molecule has 1 aliphatic carbocycles. The lowest BCUT2D eigenvalue weighted by atomic mass is 9.90. The molecule has 3 N–H and O–H groups in total. The number of rotatable bonds is 9. The van der Waals surface area contributed by atoms with Crippen LogP contribution in [0.1, 0.15) is 98.4 Å². The Morgan fingerprint density at radius 2 is 1.81 bits per heavy atom. The summed E-state index contributed by atoms with van der Waals surface area (Å²) in [6, 6.07) is 6.20. The zero-order chi connectivity index (χ0) is 31.5. The SMILES string of the molecule is CC(C)OC(N)=O.CN(CCOc1ccc(-c2cnc(C3CCCCC3)s2)c(SNC(C)(C)C)c1)C(=O)OC(C)(C)C. The average Bonchev–Trinajstić information content (AvgIpc) is 3.36. The van der Waals surface area contributed by atoms with Gasteiger partial charge in [-0.3, -0.25) is 4.72 Å². The third-order valence-electron chi connectivity index (χ3n) is 5.92. The summed E-state index contributed by atoms with van der Waals surface area (Å²) in [7, 11) is 1.72. The molecule has 0 saturated heterocycles. The van der Waals surface area contributed by atoms with E-state index in [1.165, 1.54) is 47.6 Å². The van der Waals surface area contributed by atoms with Crippen molar-refractivity contribution in [2.45, 2.75) is 116 Å². The first-order valence-corrected chi connectivity index (χ1v) is 16.2. The van der Waals surface area contributed by atoms with Crippen LogP contribution in [0, 0.1) is 0 Å². The highest BCUT2D eigenvalue weighted by molar-refractivity contribution is 7.97. The van der Waals surface area contributed by atoms with Crippen molar-refractivity contribution in [1.82, 2.24) is 14.6 Å². The smallest absolute Gasteiger partial charge is 0.410 e. The number of carbonyl (C=O) groups excluding carboxylic acids is 2. The van der Waals surface area contributed by atoms with Crippen molar-refractivity contribution in [3.05, 3.63) is 29.4 Å². The largest absolute Gasteiger partial charge is 0.492 e. The molecule has 0 bridgehead atoms. The quantitative estimate of drug-likeness (QED) is 0.270. The highest BCUT2D eigenvalue weighted by Gasteiger charge is 2.22. The Morgan fingerprint density at radius 1 is 1.14 bits per heavy atom. The maximum Gasteiger partial charge on any atom is 0.410 e. The van der Waals surface area contributed by atoms with Crippen LogP contribution in [-0.2, 0) is 9.47 Å². The number of hydrogen-bond acceptors (Lipinski definition) is 9. The lowest BCUT2D eigenvalue weighted by Crippen LogP contribution is -2.36. The molecule has 1 heterocycles. The van der Waals surface area contributed by atoms with E-state index in [2.05, 4.69) is 48.1 Å². The van der Waals surface area contributed by atoms with Gasteiger partial charge in [-0.1, -0.05) is 19.3 Å². The van der Waals surface area contributed by atoms with Gasteiger partial charge in [-0.25, -0.2) is 14.6 Å². The Balaban J connectivity index is 0.000000782. The van der Waals surface area contributed by atoms with Crippen LogP contribution < -0.4 is 15.2 Å². The van der Waals surface area contributed by atoms with E-state index in [0.717, 1.165) is 10.6 Å². The van der Waals surface area contributed by atoms with Crippen LogP contribution in [0.3, 0.4) is 0 Å². The molecule has 2 aromatic rings. The predicted molar refractivity (Wildman–Crippen MR) is 172 cm³/mol. The molecule has 11 heteroatoms. The minimum absolute atomic E-state index is 0.0319. The minimum atomic E-state index is -0.713. The van der Waals surface area contributed by atoms with Gasteiger partial charge in [0, 0.05) is 35.2 Å². The summed E-state index contributed by atoms with van der Waals surface area (Å²) < 4.78 is 19.4. The second-order valence-corrected chi connectivity index (χ2v) is 14.7. The van der Waals surface area contributed by atoms with Crippen molar-refractivity contribution in [3.63, 3.8) is 0 Å². The highest BCUT2D eigenvalue weighted by Crippen LogP contribution is 2.41. The second-order valence-electron chi connectivity index (χ2n) is 12.7. The molecule has 0 spiro atoms. The van der Waals surface area contributed by atoms with Crippen molar-refractivity contribution in [1.29, 1.82) is 0 Å². The number of primary amides is 1. The summed E-state index contributed by atoms with van der Waals surface area (Å²) in [5, 5.41) is 1.27. The molecular formula is C31H50N4O5S2. The fourth-order valence-corrected chi connectivity index (χ4v) is 6.07. The Morgan fingerprint density at radius 3 is 2.36 bits per heavy atom. The third-order valence-corrected chi connectivity index (χ3v) is 8.38. The molecule has 1 aromatic heterocycles. The third kappa shape index (κ3) is 13.6. The molecule has 0 radical (unpaired) electrons. The highest BCUT2D eigenvalue weighted by atomic mass is 32.2. The first-order valence-electron chi connectivity index (χ1n) is 14.6. The number of thiazole rings is 1. The van der Waals surface area contributed by atoms with Crippen LogP contribution in [0.5, 0.6) is 5.75 Å². The van der Waals surface area contributed by atoms with E-state index >= 15 is 0 Å². The molecule has 3 rings (SSSR count). The molecule has 1 aliphatic rings. The van der Waals surface area contributed by atoms with Gasteiger partial charge in [-0.05, 0) is 98.4 Å². The first-order chi connectivity index (χ1) is 19.5. The van der Waals surface area contributed by atoms with Crippen molar-refractivity contribution in [2.75, 3.05) is 20.2 Å². The standard InChI is InChI=1S/C27H41N3O3S2.C4H9NO2/c1-26(2,3)29-35-22-17-20(32-16-15-30(7)25(31)33-27(4,5)6)13-14-21(22)23-18-28-24(34-23)19-11-9-8-10-12-19;1-3(2)7-4(5)6/h13-14,17-19,29H,8-12,15-16H2,1-7H3;3H,1-2H3,(H2,5,6). The van der Waals surface area contributed by atoms with Gasteiger partial charge >= 0.3 is 12.2 Å². The molecule has 2 amide bonds. The molecule has 9 nitrogen and oxygen atoms in total. The van der Waals surface area contributed by atoms with Crippen molar-refractivity contribution < 1.29 is 23.8 Å². The molecule has 0 aliphatic heterocycles. The van der Waals surface area contributed by atoms with Crippen LogP contribution in [0.15, 0.2) is 29.3 Å². The predicted octanol–water partition coefficient (Wildman–Crippen LogP) is 7.99. The summed E-state index contributed by atoms with van der Waals surface area (Å²) in [5.74, 6) is 1.39. The maximum atomic E-state index is 12.2. The summed E-state index contributed by atoms with van der Waals surface area (Å²) in [4.78, 5) is 30.6. The van der Waals surface area contributed by atoms with Crippen LogP contribution in [0.4, 0.5) is 9.59 Å². The topological polar surface area (TPSA) is 116 Å². The second kappa shape index (κ2) is 16.4. The number of nitrogens with two attached hydrogens (primary N) is 1. The van der Waals surface area contributed by atoms with Gasteiger partial charge in [0.15, 0.2) is 0 Å². The van der Waals surface area contributed by atoms with Crippen molar-refractivity contribution >= 4 is 35.5 Å². The molecule has 1 aromatic carbocycles. The molecule has 1 saturated carbocycles. The number of carbonyl (C=O) groups is 2. The van der Waals surface area contributed by atoms with Gasteiger partial charge in [0.05, 0.1) is 22.5 Å². The van der Waals surface area contributed by atoms with E-state index in [1.54, 1.807) is 37.7 Å². The summed E-state index contributed by atoms with van der Waals surface area (Å²) in [6.45, 7) is 16.4. The average molecular weight is 623 g/mol. The van der Waals surface area contributed by atoms with Gasteiger partial charge < -0.3 is 24.8 Å². The Bertz CT molecular complexity index is 1140. The van der Waals surface area contributed by atoms with Gasteiger partial charge in [0.2, 0.25) is 0 Å². The van der Waals surface area contributed by atoms with Gasteiger partial charge in [0.1, 0.15) is 18.0 Å². The van der Waals surface area contributed by atoms with Crippen LogP contribution in [0.2, 0.25) is 0 Å². The summed E-state index contributed by atoms with van der Waals surface area (Å²) in [6.07, 6.45) is 7.35. The molecule has 0 unspecified atom stereocenters. The van der Waals surface area contributed by atoms with Gasteiger partial charge in [-0.15, -0.1) is 11.3 Å². The Labute approximate surface area is 260 Å². The van der Waals surface area contributed by atoms with Crippen LogP contribution in [-0.4, -0.2) is 59.5 Å².